The zero-order valence-corrected chi connectivity index (χ0v) is 22.9. The Hall–Kier alpha value is -3.77. The summed E-state index contributed by atoms with van der Waals surface area (Å²) in [6.45, 7) is 7.73. The topological polar surface area (TPSA) is 89.9 Å². The molecule has 1 N–H and O–H groups in total. The molecule has 0 aliphatic heterocycles. The van der Waals surface area contributed by atoms with Crippen molar-refractivity contribution in [3.8, 4) is 0 Å². The maximum absolute atomic E-state index is 13.6. The molecule has 3 aromatic carbocycles. The second-order valence-corrected chi connectivity index (χ2v) is 11.5. The van der Waals surface area contributed by atoms with Gasteiger partial charge in [0, 0.05) is 12.3 Å². The van der Waals surface area contributed by atoms with E-state index in [0.29, 0.717) is 5.56 Å². The molecule has 6 heteroatoms. The highest BCUT2D eigenvalue weighted by atomic mass is 16.5. The molecule has 1 saturated carbocycles. The van der Waals surface area contributed by atoms with Crippen LogP contribution in [-0.2, 0) is 42.5 Å². The molecular formula is C33H36O6. The van der Waals surface area contributed by atoms with E-state index in [2.05, 4.69) is 20.8 Å². The first-order valence-corrected chi connectivity index (χ1v) is 13.2. The normalized spacial score (nSPS) is 23.2. The zero-order valence-electron chi connectivity index (χ0n) is 22.9. The maximum atomic E-state index is 13.6. The van der Waals surface area contributed by atoms with Crippen LogP contribution in [0, 0.1) is 11.8 Å². The largest absolute Gasteiger partial charge is 0.461 e. The Balaban J connectivity index is 1.69. The minimum absolute atomic E-state index is 0.00134. The number of rotatable bonds is 7. The summed E-state index contributed by atoms with van der Waals surface area (Å²) in [5.74, 6) is -5.22. The Morgan fingerprint density at radius 1 is 0.821 bits per heavy atom. The van der Waals surface area contributed by atoms with E-state index in [4.69, 9.17) is 9.47 Å². The van der Waals surface area contributed by atoms with Crippen molar-refractivity contribution < 1.29 is 29.0 Å². The van der Waals surface area contributed by atoms with Crippen molar-refractivity contribution in [2.45, 2.75) is 64.3 Å². The van der Waals surface area contributed by atoms with Gasteiger partial charge in [0.1, 0.15) is 19.1 Å². The molecule has 0 unspecified atom stereocenters. The summed E-state index contributed by atoms with van der Waals surface area (Å²) in [6.07, 6.45) is -0.361. The monoisotopic (exact) mass is 528 g/mol. The minimum atomic E-state index is -1.71. The van der Waals surface area contributed by atoms with Crippen LogP contribution < -0.4 is 0 Å². The van der Waals surface area contributed by atoms with Crippen LogP contribution in [0.2, 0.25) is 0 Å². The van der Waals surface area contributed by atoms with Gasteiger partial charge in [-0.05, 0) is 34.6 Å². The molecule has 4 rings (SSSR count). The molecule has 0 heterocycles. The third kappa shape index (κ3) is 6.63. The Bertz CT molecular complexity index is 1290. The van der Waals surface area contributed by atoms with Crippen molar-refractivity contribution >= 4 is 17.7 Å². The summed E-state index contributed by atoms with van der Waals surface area (Å²) in [5.41, 5.74) is 1.41. The fourth-order valence-corrected chi connectivity index (χ4v) is 5.26. The first-order valence-electron chi connectivity index (χ1n) is 13.2. The summed E-state index contributed by atoms with van der Waals surface area (Å²) < 4.78 is 11.3. The molecule has 39 heavy (non-hydrogen) atoms. The second-order valence-electron chi connectivity index (χ2n) is 11.5. The van der Waals surface area contributed by atoms with Crippen LogP contribution in [0.4, 0.5) is 0 Å². The number of esters is 2. The van der Waals surface area contributed by atoms with Gasteiger partial charge in [-0.3, -0.25) is 14.4 Å². The van der Waals surface area contributed by atoms with Crippen LogP contribution in [0.3, 0.4) is 0 Å². The number of benzene rings is 3. The summed E-state index contributed by atoms with van der Waals surface area (Å²) in [6, 6.07) is 25.9. The van der Waals surface area contributed by atoms with Crippen LogP contribution in [0.25, 0.3) is 0 Å². The van der Waals surface area contributed by atoms with Crippen molar-refractivity contribution in [3.05, 3.63) is 107 Å². The predicted molar refractivity (Wildman–Crippen MR) is 148 cm³/mol. The molecule has 1 fully saturated rings. The van der Waals surface area contributed by atoms with Crippen LogP contribution in [0.15, 0.2) is 84.9 Å². The lowest BCUT2D eigenvalue weighted by Crippen LogP contribution is -2.55. The lowest BCUT2D eigenvalue weighted by molar-refractivity contribution is -0.174. The highest BCUT2D eigenvalue weighted by Gasteiger charge is 2.57. The van der Waals surface area contributed by atoms with Crippen molar-refractivity contribution in [2.75, 3.05) is 0 Å². The molecule has 1 aliphatic carbocycles. The van der Waals surface area contributed by atoms with Crippen LogP contribution in [0.5, 0.6) is 0 Å². The highest BCUT2D eigenvalue weighted by Crippen LogP contribution is 2.47. The molecule has 4 atom stereocenters. The molecule has 0 amide bonds. The summed E-state index contributed by atoms with van der Waals surface area (Å²) >= 11 is 0. The van der Waals surface area contributed by atoms with Gasteiger partial charge in [0.15, 0.2) is 5.78 Å². The number of ether oxygens (including phenoxy) is 2. The van der Waals surface area contributed by atoms with Crippen molar-refractivity contribution in [2.24, 2.45) is 11.8 Å². The molecule has 204 valence electrons. The molecule has 0 aromatic heterocycles. The smallest absolute Gasteiger partial charge is 0.317 e. The summed E-state index contributed by atoms with van der Waals surface area (Å²) in [4.78, 5) is 40.5. The van der Waals surface area contributed by atoms with Crippen molar-refractivity contribution in [1.29, 1.82) is 0 Å². The molecule has 6 nitrogen and oxygen atoms in total. The average Bonchev–Trinajstić information content (AvgIpc) is 2.90. The Kier molecular flexibility index (Phi) is 8.36. The van der Waals surface area contributed by atoms with Gasteiger partial charge in [-0.15, -0.1) is 0 Å². The standard InChI is InChI=1S/C33H36O6/c1-32(2,3)25-17-15-24(16-18-25)27-28(30(35)38-20-22-11-7-5-8-12-22)26(34)19-33(4,37)29(27)31(36)39-21-23-13-9-6-10-14-23/h5-18,27-29,37H,19-21H2,1-4H3/t27-,28-,29-,33+/m1/s1. The maximum Gasteiger partial charge on any atom is 0.317 e. The number of ketones is 1. The quantitative estimate of drug-likeness (QED) is 0.321. The molecular weight excluding hydrogens is 492 g/mol. The molecule has 0 radical (unpaired) electrons. The fraction of sp³-hybridized carbons (Fsp3) is 0.364. The van der Waals surface area contributed by atoms with Crippen molar-refractivity contribution in [1.82, 2.24) is 0 Å². The van der Waals surface area contributed by atoms with Gasteiger partial charge in [0.05, 0.1) is 11.5 Å². The third-order valence-electron chi connectivity index (χ3n) is 7.38. The molecule has 0 spiro atoms. The lowest BCUT2D eigenvalue weighted by Gasteiger charge is -2.43. The zero-order chi connectivity index (χ0) is 28.2. The van der Waals surface area contributed by atoms with Gasteiger partial charge in [-0.2, -0.15) is 0 Å². The van der Waals surface area contributed by atoms with E-state index in [9.17, 15) is 19.5 Å². The number of hydrogen-bond donors (Lipinski definition) is 1. The second kappa shape index (κ2) is 11.5. The highest BCUT2D eigenvalue weighted by molar-refractivity contribution is 6.02. The van der Waals surface area contributed by atoms with E-state index in [-0.39, 0.29) is 25.0 Å². The molecule has 1 aliphatic rings. The third-order valence-corrected chi connectivity index (χ3v) is 7.38. The van der Waals surface area contributed by atoms with E-state index in [0.717, 1.165) is 16.7 Å². The van der Waals surface area contributed by atoms with Crippen LogP contribution in [-0.4, -0.2) is 28.4 Å². The van der Waals surface area contributed by atoms with Gasteiger partial charge in [-0.25, -0.2) is 0 Å². The van der Waals surface area contributed by atoms with Crippen LogP contribution >= 0.6 is 0 Å². The van der Waals surface area contributed by atoms with E-state index in [1.807, 2.05) is 84.9 Å². The van der Waals surface area contributed by atoms with Gasteiger partial charge in [-0.1, -0.05) is 106 Å². The first kappa shape index (κ1) is 28.2. The van der Waals surface area contributed by atoms with Crippen LogP contribution in [0.1, 0.15) is 62.3 Å². The Morgan fingerprint density at radius 2 is 1.31 bits per heavy atom. The fourth-order valence-electron chi connectivity index (χ4n) is 5.26. The Morgan fingerprint density at radius 3 is 1.79 bits per heavy atom. The van der Waals surface area contributed by atoms with Gasteiger partial charge < -0.3 is 14.6 Å². The van der Waals surface area contributed by atoms with Gasteiger partial charge in [0.2, 0.25) is 0 Å². The van der Waals surface area contributed by atoms with E-state index in [1.54, 1.807) is 0 Å². The van der Waals surface area contributed by atoms with E-state index >= 15 is 0 Å². The van der Waals surface area contributed by atoms with E-state index < -0.39 is 41.1 Å². The molecule has 0 saturated heterocycles. The number of Topliss-reactive ketones (excluding diaryl/α,β-unsaturated/α-hetero) is 1. The summed E-state index contributed by atoms with van der Waals surface area (Å²) in [5, 5.41) is 11.4. The van der Waals surface area contributed by atoms with Gasteiger partial charge >= 0.3 is 11.9 Å². The SMILES string of the molecule is CC(C)(C)c1ccc([C@@H]2[C@H](C(=O)OCc3ccccc3)C(=O)C[C@](C)(O)[C@H]2C(=O)OCc2ccccc2)cc1. The summed E-state index contributed by atoms with van der Waals surface area (Å²) in [7, 11) is 0. The van der Waals surface area contributed by atoms with Gasteiger partial charge in [0.25, 0.3) is 0 Å². The Labute approximate surface area is 230 Å². The predicted octanol–water partition coefficient (Wildman–Crippen LogP) is 5.51. The minimum Gasteiger partial charge on any atom is -0.461 e. The number of hydrogen-bond acceptors (Lipinski definition) is 6. The van der Waals surface area contributed by atoms with Crippen molar-refractivity contribution in [3.63, 3.8) is 0 Å². The number of aliphatic hydroxyl groups is 1. The molecule has 3 aromatic rings. The lowest BCUT2D eigenvalue weighted by atomic mass is 9.61. The average molecular weight is 529 g/mol. The first-order chi connectivity index (χ1) is 18.5. The van der Waals surface area contributed by atoms with E-state index in [1.165, 1.54) is 6.92 Å². The number of carbonyl (C=O) groups is 3. The molecule has 0 bridgehead atoms. The number of carbonyl (C=O) groups excluding carboxylic acids is 3.